The average molecular weight is 320 g/mol. The van der Waals surface area contributed by atoms with Crippen molar-refractivity contribution in [2.24, 2.45) is 0 Å². The van der Waals surface area contributed by atoms with Crippen LogP contribution in [-0.4, -0.2) is 52.3 Å². The molecule has 0 saturated carbocycles. The lowest BCUT2D eigenvalue weighted by Gasteiger charge is -2.21. The third kappa shape index (κ3) is 4.13. The highest BCUT2D eigenvalue weighted by molar-refractivity contribution is 7.09. The third-order valence-electron chi connectivity index (χ3n) is 3.27. The van der Waals surface area contributed by atoms with E-state index in [2.05, 4.69) is 4.98 Å². The van der Waals surface area contributed by atoms with Gasteiger partial charge < -0.3 is 15.1 Å². The van der Waals surface area contributed by atoms with Crippen LogP contribution in [0.25, 0.3) is 11.3 Å². The number of hydrogen-bond donors (Lipinski definition) is 2. The Bertz CT molecular complexity index is 627. The van der Waals surface area contributed by atoms with Crippen molar-refractivity contribution in [2.45, 2.75) is 13.3 Å². The van der Waals surface area contributed by atoms with Gasteiger partial charge in [-0.2, -0.15) is 0 Å². The summed E-state index contributed by atoms with van der Waals surface area (Å²) in [5.41, 5.74) is 2.33. The lowest BCUT2D eigenvalue weighted by molar-refractivity contribution is 0.0710. The van der Waals surface area contributed by atoms with Gasteiger partial charge in [-0.25, -0.2) is 4.98 Å². The molecule has 0 bridgehead atoms. The number of aryl methyl sites for hydroxylation is 1. The maximum absolute atomic E-state index is 12.5. The van der Waals surface area contributed by atoms with Crippen LogP contribution in [0.1, 0.15) is 21.8 Å². The molecular formula is C16H20N2O3S. The zero-order valence-corrected chi connectivity index (χ0v) is 13.3. The van der Waals surface area contributed by atoms with E-state index < -0.39 is 0 Å². The molecule has 6 heteroatoms. The molecule has 1 amide bonds. The molecule has 1 heterocycles. The molecule has 0 aliphatic heterocycles. The van der Waals surface area contributed by atoms with Crippen molar-refractivity contribution in [3.05, 3.63) is 40.2 Å². The summed E-state index contributed by atoms with van der Waals surface area (Å²) < 4.78 is 0. The van der Waals surface area contributed by atoms with Gasteiger partial charge in [-0.3, -0.25) is 4.79 Å². The van der Waals surface area contributed by atoms with Gasteiger partial charge in [0.05, 0.1) is 17.3 Å². The zero-order valence-electron chi connectivity index (χ0n) is 12.5. The summed E-state index contributed by atoms with van der Waals surface area (Å²) >= 11 is 1.57. The summed E-state index contributed by atoms with van der Waals surface area (Å²) in [6.07, 6.45) is 0.497. The lowest BCUT2D eigenvalue weighted by Crippen LogP contribution is -2.34. The fourth-order valence-corrected chi connectivity index (χ4v) is 2.81. The van der Waals surface area contributed by atoms with E-state index in [1.165, 1.54) is 0 Å². The van der Waals surface area contributed by atoms with Gasteiger partial charge in [0.25, 0.3) is 5.91 Å². The van der Waals surface area contributed by atoms with Crippen molar-refractivity contribution < 1.29 is 15.0 Å². The lowest BCUT2D eigenvalue weighted by atomic mass is 10.1. The Labute approximate surface area is 133 Å². The summed E-state index contributed by atoms with van der Waals surface area (Å²) in [4.78, 5) is 18.5. The number of aliphatic hydroxyl groups excluding tert-OH is 2. The Kier molecular flexibility index (Phi) is 6.06. The summed E-state index contributed by atoms with van der Waals surface area (Å²) in [6.45, 7) is 2.56. The van der Waals surface area contributed by atoms with Crippen LogP contribution in [0.2, 0.25) is 0 Å². The zero-order chi connectivity index (χ0) is 15.9. The fraction of sp³-hybridized carbons (Fsp3) is 0.375. The molecule has 0 radical (unpaired) electrons. The van der Waals surface area contributed by atoms with Gasteiger partial charge in [0.15, 0.2) is 0 Å². The van der Waals surface area contributed by atoms with Crippen LogP contribution in [-0.2, 0) is 0 Å². The number of benzene rings is 1. The van der Waals surface area contributed by atoms with Crippen molar-refractivity contribution >= 4 is 17.2 Å². The minimum Gasteiger partial charge on any atom is -0.396 e. The van der Waals surface area contributed by atoms with E-state index in [0.29, 0.717) is 18.5 Å². The summed E-state index contributed by atoms with van der Waals surface area (Å²) in [6, 6.07) is 7.34. The van der Waals surface area contributed by atoms with Gasteiger partial charge in [0.2, 0.25) is 0 Å². The largest absolute Gasteiger partial charge is 0.396 e. The quantitative estimate of drug-likeness (QED) is 0.817. The van der Waals surface area contributed by atoms with Crippen LogP contribution in [0.15, 0.2) is 29.6 Å². The van der Waals surface area contributed by atoms with E-state index in [-0.39, 0.29) is 25.7 Å². The molecule has 5 nitrogen and oxygen atoms in total. The average Bonchev–Trinajstić information content (AvgIpc) is 2.97. The summed E-state index contributed by atoms with van der Waals surface area (Å²) in [7, 11) is 0. The molecule has 2 aromatic rings. The van der Waals surface area contributed by atoms with Crippen LogP contribution in [0.3, 0.4) is 0 Å². The Morgan fingerprint density at radius 3 is 2.73 bits per heavy atom. The van der Waals surface area contributed by atoms with Crippen molar-refractivity contribution in [3.8, 4) is 11.3 Å². The Balaban J connectivity index is 2.21. The molecule has 2 N–H and O–H groups in total. The van der Waals surface area contributed by atoms with Gasteiger partial charge >= 0.3 is 0 Å². The number of carbonyl (C=O) groups excluding carboxylic acids is 1. The van der Waals surface area contributed by atoms with E-state index in [1.54, 1.807) is 22.3 Å². The highest BCUT2D eigenvalue weighted by Crippen LogP contribution is 2.23. The summed E-state index contributed by atoms with van der Waals surface area (Å²) in [5, 5.41) is 21.0. The van der Waals surface area contributed by atoms with Gasteiger partial charge in [0, 0.05) is 36.2 Å². The van der Waals surface area contributed by atoms with Crippen LogP contribution >= 0.6 is 11.3 Å². The highest BCUT2D eigenvalue weighted by atomic mass is 32.1. The molecule has 118 valence electrons. The Morgan fingerprint density at radius 2 is 2.09 bits per heavy atom. The first-order valence-corrected chi connectivity index (χ1v) is 8.07. The van der Waals surface area contributed by atoms with Crippen molar-refractivity contribution in [1.29, 1.82) is 0 Å². The number of hydrogen-bond acceptors (Lipinski definition) is 5. The van der Waals surface area contributed by atoms with Crippen molar-refractivity contribution in [1.82, 2.24) is 9.88 Å². The van der Waals surface area contributed by atoms with Gasteiger partial charge in [0.1, 0.15) is 0 Å². The van der Waals surface area contributed by atoms with Crippen LogP contribution in [0.4, 0.5) is 0 Å². The van der Waals surface area contributed by atoms with E-state index in [1.807, 2.05) is 30.5 Å². The number of rotatable bonds is 7. The van der Waals surface area contributed by atoms with Crippen LogP contribution in [0.5, 0.6) is 0 Å². The predicted molar refractivity (Wildman–Crippen MR) is 87.0 cm³/mol. The highest BCUT2D eigenvalue weighted by Gasteiger charge is 2.16. The van der Waals surface area contributed by atoms with E-state index >= 15 is 0 Å². The van der Waals surface area contributed by atoms with E-state index in [4.69, 9.17) is 10.2 Å². The normalized spacial score (nSPS) is 10.7. The fourth-order valence-electron chi connectivity index (χ4n) is 2.19. The van der Waals surface area contributed by atoms with Gasteiger partial charge in [-0.05, 0) is 25.5 Å². The minimum absolute atomic E-state index is 0.0212. The monoisotopic (exact) mass is 320 g/mol. The first-order chi connectivity index (χ1) is 10.7. The SMILES string of the molecule is Cc1nc(-c2cccc(C(=O)N(CCO)CCCO)c2)cs1. The van der Waals surface area contributed by atoms with Crippen LogP contribution in [0, 0.1) is 6.92 Å². The van der Waals surface area contributed by atoms with Gasteiger partial charge in [-0.15, -0.1) is 11.3 Å². The third-order valence-corrected chi connectivity index (χ3v) is 4.04. The maximum Gasteiger partial charge on any atom is 0.253 e. The molecule has 0 saturated heterocycles. The molecule has 0 unspecified atom stereocenters. The smallest absolute Gasteiger partial charge is 0.253 e. The second kappa shape index (κ2) is 8.03. The minimum atomic E-state index is -0.142. The molecule has 22 heavy (non-hydrogen) atoms. The van der Waals surface area contributed by atoms with E-state index in [0.717, 1.165) is 16.3 Å². The van der Waals surface area contributed by atoms with Crippen LogP contribution < -0.4 is 0 Å². The summed E-state index contributed by atoms with van der Waals surface area (Å²) in [5.74, 6) is -0.142. The molecular weight excluding hydrogens is 300 g/mol. The first-order valence-electron chi connectivity index (χ1n) is 7.19. The number of thiazole rings is 1. The Morgan fingerprint density at radius 1 is 1.27 bits per heavy atom. The number of amides is 1. The molecule has 0 aliphatic rings. The molecule has 1 aromatic carbocycles. The molecule has 0 atom stereocenters. The number of carbonyl (C=O) groups is 1. The maximum atomic E-state index is 12.5. The first kappa shape index (κ1) is 16.6. The van der Waals surface area contributed by atoms with Crippen molar-refractivity contribution in [2.75, 3.05) is 26.3 Å². The molecule has 2 rings (SSSR count). The molecule has 1 aromatic heterocycles. The molecule has 0 fully saturated rings. The number of aromatic nitrogens is 1. The predicted octanol–water partition coefficient (Wildman–Crippen LogP) is 1.94. The number of aliphatic hydroxyl groups is 2. The second-order valence-corrected chi connectivity index (χ2v) is 5.99. The van der Waals surface area contributed by atoms with Crippen molar-refractivity contribution in [3.63, 3.8) is 0 Å². The molecule has 0 aliphatic carbocycles. The second-order valence-electron chi connectivity index (χ2n) is 4.93. The number of nitrogens with zero attached hydrogens (tertiary/aromatic N) is 2. The topological polar surface area (TPSA) is 73.7 Å². The molecule has 0 spiro atoms. The van der Waals surface area contributed by atoms with E-state index in [9.17, 15) is 4.79 Å². The standard InChI is InChI=1S/C16H20N2O3S/c1-12-17-15(11-22-12)13-4-2-5-14(10-13)16(21)18(7-9-20)6-3-8-19/h2,4-5,10-11,19-20H,3,6-9H2,1H3. The van der Waals surface area contributed by atoms with Gasteiger partial charge in [-0.1, -0.05) is 12.1 Å². The Hall–Kier alpha value is -1.76.